The van der Waals surface area contributed by atoms with E-state index >= 15 is 0 Å². The standard InChI is InChI=1S/C21H22N2O2/c1-21(2)16-12-15(10-11-17(16)23-20(21)25)22-19(24)18(14-8-9-14)13-6-4-3-5-7-13/h3-7,10-12,14,18H,8-9H2,1-2H3,(H,22,24)(H,23,25). The first-order chi connectivity index (χ1) is 12.0. The third kappa shape index (κ3) is 2.82. The van der Waals surface area contributed by atoms with Crippen LogP contribution in [0.25, 0.3) is 0 Å². The zero-order valence-electron chi connectivity index (χ0n) is 14.5. The first-order valence-corrected chi connectivity index (χ1v) is 8.78. The summed E-state index contributed by atoms with van der Waals surface area (Å²) in [4.78, 5) is 25.0. The highest BCUT2D eigenvalue weighted by Gasteiger charge is 2.39. The second-order valence-electron chi connectivity index (χ2n) is 7.55. The van der Waals surface area contributed by atoms with Gasteiger partial charge in [-0.1, -0.05) is 30.3 Å². The Kier molecular flexibility index (Phi) is 3.64. The molecule has 4 nitrogen and oxygen atoms in total. The van der Waals surface area contributed by atoms with Gasteiger partial charge in [0.15, 0.2) is 0 Å². The van der Waals surface area contributed by atoms with E-state index in [-0.39, 0.29) is 17.7 Å². The molecule has 1 unspecified atom stereocenters. The van der Waals surface area contributed by atoms with E-state index in [0.29, 0.717) is 5.92 Å². The average molecular weight is 334 g/mol. The third-order valence-corrected chi connectivity index (χ3v) is 5.31. The largest absolute Gasteiger partial charge is 0.326 e. The number of nitrogens with one attached hydrogen (secondary N) is 2. The summed E-state index contributed by atoms with van der Waals surface area (Å²) in [7, 11) is 0. The number of amides is 2. The smallest absolute Gasteiger partial charge is 0.234 e. The van der Waals surface area contributed by atoms with Gasteiger partial charge in [0, 0.05) is 11.4 Å². The molecule has 2 N–H and O–H groups in total. The summed E-state index contributed by atoms with van der Waals surface area (Å²) < 4.78 is 0. The van der Waals surface area contributed by atoms with Crippen LogP contribution in [0.15, 0.2) is 48.5 Å². The van der Waals surface area contributed by atoms with E-state index in [1.165, 1.54) is 0 Å². The van der Waals surface area contributed by atoms with E-state index in [0.717, 1.165) is 35.3 Å². The Morgan fingerprint density at radius 2 is 1.88 bits per heavy atom. The molecule has 2 aliphatic rings. The van der Waals surface area contributed by atoms with E-state index in [1.807, 2.05) is 62.4 Å². The minimum Gasteiger partial charge on any atom is -0.326 e. The molecule has 128 valence electrons. The van der Waals surface area contributed by atoms with Crippen LogP contribution >= 0.6 is 0 Å². The fourth-order valence-electron chi connectivity index (χ4n) is 3.60. The molecule has 2 aromatic rings. The number of fused-ring (bicyclic) bond motifs is 1. The molecule has 0 spiro atoms. The van der Waals surface area contributed by atoms with Crippen molar-refractivity contribution in [2.45, 2.75) is 38.0 Å². The maximum absolute atomic E-state index is 12.9. The molecule has 1 saturated carbocycles. The minimum absolute atomic E-state index is 0.00822. The molecule has 1 heterocycles. The van der Waals surface area contributed by atoms with E-state index in [4.69, 9.17) is 0 Å². The summed E-state index contributed by atoms with van der Waals surface area (Å²) in [5, 5.41) is 5.96. The van der Waals surface area contributed by atoms with Crippen molar-refractivity contribution in [1.82, 2.24) is 0 Å². The summed E-state index contributed by atoms with van der Waals surface area (Å²) in [6, 6.07) is 15.6. The number of carbonyl (C=O) groups excluding carboxylic acids is 2. The van der Waals surface area contributed by atoms with E-state index in [2.05, 4.69) is 10.6 Å². The molecule has 1 aliphatic heterocycles. The molecule has 1 fully saturated rings. The maximum atomic E-state index is 12.9. The van der Waals surface area contributed by atoms with Gasteiger partial charge in [-0.2, -0.15) is 0 Å². The molecule has 0 saturated heterocycles. The number of benzene rings is 2. The molecule has 2 amide bonds. The highest BCUT2D eigenvalue weighted by molar-refractivity contribution is 6.06. The lowest BCUT2D eigenvalue weighted by atomic mass is 9.86. The quantitative estimate of drug-likeness (QED) is 0.886. The van der Waals surface area contributed by atoms with Crippen molar-refractivity contribution in [2.24, 2.45) is 5.92 Å². The van der Waals surface area contributed by atoms with Gasteiger partial charge in [-0.3, -0.25) is 9.59 Å². The number of carbonyl (C=O) groups is 2. The summed E-state index contributed by atoms with van der Waals surface area (Å²) in [5.41, 5.74) is 2.99. The first-order valence-electron chi connectivity index (χ1n) is 8.78. The number of anilines is 2. The lowest BCUT2D eigenvalue weighted by molar-refractivity contribution is -0.120. The summed E-state index contributed by atoms with van der Waals surface area (Å²) in [6.45, 7) is 3.80. The van der Waals surface area contributed by atoms with Crippen LogP contribution in [0.3, 0.4) is 0 Å². The first kappa shape index (κ1) is 15.9. The molecular formula is C21H22N2O2. The molecule has 0 bridgehead atoms. The SMILES string of the molecule is CC1(C)C(=O)Nc2ccc(NC(=O)C(c3ccccc3)C3CC3)cc21. The maximum Gasteiger partial charge on any atom is 0.234 e. The van der Waals surface area contributed by atoms with Crippen molar-refractivity contribution < 1.29 is 9.59 Å². The molecule has 4 heteroatoms. The van der Waals surface area contributed by atoms with Gasteiger partial charge in [0.1, 0.15) is 0 Å². The van der Waals surface area contributed by atoms with Crippen LogP contribution in [0.4, 0.5) is 11.4 Å². The van der Waals surface area contributed by atoms with Gasteiger partial charge < -0.3 is 10.6 Å². The molecule has 1 atom stereocenters. The fraction of sp³-hybridized carbons (Fsp3) is 0.333. The Balaban J connectivity index is 1.59. The molecule has 2 aromatic carbocycles. The Labute approximate surface area is 147 Å². The van der Waals surface area contributed by atoms with Crippen molar-refractivity contribution in [3.63, 3.8) is 0 Å². The van der Waals surface area contributed by atoms with Crippen molar-refractivity contribution >= 4 is 23.2 Å². The fourth-order valence-corrected chi connectivity index (χ4v) is 3.60. The lowest BCUT2D eigenvalue weighted by Crippen LogP contribution is -2.27. The summed E-state index contributed by atoms with van der Waals surface area (Å²) >= 11 is 0. The highest BCUT2D eigenvalue weighted by atomic mass is 16.2. The molecule has 0 radical (unpaired) electrons. The summed E-state index contributed by atoms with van der Waals surface area (Å²) in [6.07, 6.45) is 2.20. The van der Waals surface area contributed by atoms with Crippen LogP contribution in [-0.4, -0.2) is 11.8 Å². The second kappa shape index (κ2) is 5.73. The van der Waals surface area contributed by atoms with Crippen molar-refractivity contribution in [3.05, 3.63) is 59.7 Å². The van der Waals surface area contributed by atoms with E-state index in [9.17, 15) is 9.59 Å². The Bertz CT molecular complexity index is 838. The Hall–Kier alpha value is -2.62. The molecular weight excluding hydrogens is 312 g/mol. The normalized spacial score (nSPS) is 19.0. The number of hydrogen-bond donors (Lipinski definition) is 2. The Morgan fingerprint density at radius 3 is 2.56 bits per heavy atom. The number of rotatable bonds is 4. The van der Waals surface area contributed by atoms with Gasteiger partial charge >= 0.3 is 0 Å². The van der Waals surface area contributed by atoms with Crippen LogP contribution in [-0.2, 0) is 15.0 Å². The highest BCUT2D eigenvalue weighted by Crippen LogP contribution is 2.44. The van der Waals surface area contributed by atoms with Gasteiger partial charge in [-0.15, -0.1) is 0 Å². The number of hydrogen-bond acceptors (Lipinski definition) is 2. The van der Waals surface area contributed by atoms with Crippen LogP contribution in [0.2, 0.25) is 0 Å². The zero-order chi connectivity index (χ0) is 17.6. The van der Waals surface area contributed by atoms with E-state index < -0.39 is 5.41 Å². The average Bonchev–Trinajstić information content (AvgIpc) is 3.38. The van der Waals surface area contributed by atoms with Crippen molar-refractivity contribution in [3.8, 4) is 0 Å². The van der Waals surface area contributed by atoms with Crippen LogP contribution in [0.5, 0.6) is 0 Å². The predicted molar refractivity (Wildman–Crippen MR) is 98.6 cm³/mol. The monoisotopic (exact) mass is 334 g/mol. The Morgan fingerprint density at radius 1 is 1.16 bits per heavy atom. The molecule has 1 aliphatic carbocycles. The zero-order valence-corrected chi connectivity index (χ0v) is 14.5. The van der Waals surface area contributed by atoms with Crippen LogP contribution < -0.4 is 10.6 Å². The molecule has 0 aromatic heterocycles. The van der Waals surface area contributed by atoms with Crippen LogP contribution in [0, 0.1) is 5.92 Å². The lowest BCUT2D eigenvalue weighted by Gasteiger charge is -2.19. The van der Waals surface area contributed by atoms with Gasteiger partial charge in [0.05, 0.1) is 11.3 Å². The predicted octanol–water partition coefficient (Wildman–Crippen LogP) is 4.05. The van der Waals surface area contributed by atoms with Crippen LogP contribution in [0.1, 0.15) is 43.7 Å². The van der Waals surface area contributed by atoms with Crippen molar-refractivity contribution in [1.29, 1.82) is 0 Å². The molecule has 4 rings (SSSR count). The second-order valence-corrected chi connectivity index (χ2v) is 7.55. The summed E-state index contributed by atoms with van der Waals surface area (Å²) in [5.74, 6) is 0.341. The van der Waals surface area contributed by atoms with Gasteiger partial charge in [-0.25, -0.2) is 0 Å². The third-order valence-electron chi connectivity index (χ3n) is 5.31. The molecule has 25 heavy (non-hydrogen) atoms. The van der Waals surface area contributed by atoms with E-state index in [1.54, 1.807) is 0 Å². The topological polar surface area (TPSA) is 58.2 Å². The van der Waals surface area contributed by atoms with Crippen molar-refractivity contribution in [2.75, 3.05) is 10.6 Å². The van der Waals surface area contributed by atoms with Gasteiger partial charge in [-0.05, 0) is 61.9 Å². The van der Waals surface area contributed by atoms with Gasteiger partial charge in [0.25, 0.3) is 0 Å². The van der Waals surface area contributed by atoms with Gasteiger partial charge in [0.2, 0.25) is 11.8 Å². The minimum atomic E-state index is -0.578.